The van der Waals surface area contributed by atoms with Crippen molar-refractivity contribution in [1.29, 1.82) is 5.26 Å². The van der Waals surface area contributed by atoms with Crippen molar-refractivity contribution in [3.05, 3.63) is 41.6 Å². The molecule has 2 amide bonds. The largest absolute Gasteiger partial charge is 0.360 e. The number of anilines is 1. The van der Waals surface area contributed by atoms with Crippen LogP contribution in [0.5, 0.6) is 0 Å². The van der Waals surface area contributed by atoms with E-state index in [9.17, 15) is 14.9 Å². The number of likely N-dealkylation sites (tertiary alicyclic amines) is 1. The maximum absolute atomic E-state index is 12.2. The summed E-state index contributed by atoms with van der Waals surface area (Å²) in [5.74, 6) is 0.164. The number of nitrogens with zero attached hydrogens (tertiary/aromatic N) is 2. The first-order valence-corrected chi connectivity index (χ1v) is 9.58. The average Bonchev–Trinajstić information content (AvgIpc) is 3.10. The second-order valence-electron chi connectivity index (χ2n) is 6.80. The number of hydrogen-bond donors (Lipinski definition) is 2. The summed E-state index contributed by atoms with van der Waals surface area (Å²) in [6.45, 7) is 6.15. The van der Waals surface area contributed by atoms with E-state index in [4.69, 9.17) is 0 Å². The van der Waals surface area contributed by atoms with Gasteiger partial charge in [-0.1, -0.05) is 32.0 Å². The van der Waals surface area contributed by atoms with Crippen molar-refractivity contribution in [2.24, 2.45) is 0 Å². The molecule has 0 bridgehead atoms. The molecule has 2 N–H and O–H groups in total. The smallest absolute Gasteiger partial charge is 0.263 e. The summed E-state index contributed by atoms with van der Waals surface area (Å²) in [4.78, 5) is 25.6. The molecule has 0 saturated carbocycles. The van der Waals surface area contributed by atoms with Crippen molar-refractivity contribution in [3.63, 3.8) is 0 Å². The lowest BCUT2D eigenvalue weighted by Gasteiger charge is -2.15. The van der Waals surface area contributed by atoms with Crippen molar-refractivity contribution >= 4 is 17.5 Å². The Hall–Kier alpha value is -2.81. The molecule has 0 aromatic heterocycles. The highest BCUT2D eigenvalue weighted by Crippen LogP contribution is 2.26. The number of nitrogens with one attached hydrogen (secondary N) is 2. The molecule has 1 unspecified atom stereocenters. The van der Waals surface area contributed by atoms with Gasteiger partial charge in [-0.2, -0.15) is 5.26 Å². The molecule has 2 rings (SSSR count). The van der Waals surface area contributed by atoms with Crippen LogP contribution in [0.2, 0.25) is 0 Å². The molecule has 27 heavy (non-hydrogen) atoms. The maximum Gasteiger partial charge on any atom is 0.263 e. The van der Waals surface area contributed by atoms with Crippen molar-refractivity contribution in [2.75, 3.05) is 25.0 Å². The highest BCUT2D eigenvalue weighted by atomic mass is 16.2. The SMILES string of the molecule is CCC(C)c1ccccc1N/C=C(/C#N)C(=O)NCCCN1CCCC1=O. The first kappa shape index (κ1) is 20.5. The summed E-state index contributed by atoms with van der Waals surface area (Å²) in [5, 5.41) is 15.1. The Labute approximate surface area is 161 Å². The Morgan fingerprint density at radius 1 is 1.41 bits per heavy atom. The lowest BCUT2D eigenvalue weighted by atomic mass is 9.97. The van der Waals surface area contributed by atoms with Gasteiger partial charge in [0.2, 0.25) is 5.91 Å². The van der Waals surface area contributed by atoms with Crippen LogP contribution >= 0.6 is 0 Å². The van der Waals surface area contributed by atoms with Crippen LogP contribution in [0, 0.1) is 11.3 Å². The summed E-state index contributed by atoms with van der Waals surface area (Å²) in [7, 11) is 0. The fourth-order valence-electron chi connectivity index (χ4n) is 3.08. The summed E-state index contributed by atoms with van der Waals surface area (Å²) in [6.07, 6.45) is 4.68. The van der Waals surface area contributed by atoms with Crippen molar-refractivity contribution in [3.8, 4) is 6.07 Å². The van der Waals surface area contributed by atoms with Crippen LogP contribution in [-0.4, -0.2) is 36.3 Å². The van der Waals surface area contributed by atoms with Crippen LogP contribution in [0.3, 0.4) is 0 Å². The van der Waals surface area contributed by atoms with E-state index in [-0.39, 0.29) is 11.5 Å². The number of benzene rings is 1. The molecule has 1 atom stereocenters. The molecule has 1 aromatic carbocycles. The Balaban J connectivity index is 1.87. The standard InChI is InChI=1S/C21H28N4O2/c1-3-16(2)18-8-4-5-9-19(18)24-15-17(14-22)21(27)23-11-7-13-25-12-6-10-20(25)26/h4-5,8-9,15-16,24H,3,6-7,10-13H2,1-2H3,(H,23,27)/b17-15-. The van der Waals surface area contributed by atoms with Gasteiger partial charge in [0, 0.05) is 37.9 Å². The third-order valence-corrected chi connectivity index (χ3v) is 4.90. The molecule has 0 radical (unpaired) electrons. The Morgan fingerprint density at radius 2 is 2.19 bits per heavy atom. The van der Waals surface area contributed by atoms with E-state index < -0.39 is 5.91 Å². The highest BCUT2D eigenvalue weighted by Gasteiger charge is 2.19. The van der Waals surface area contributed by atoms with E-state index in [0.717, 1.165) is 30.6 Å². The molecule has 0 spiro atoms. The highest BCUT2D eigenvalue weighted by molar-refractivity contribution is 5.97. The zero-order valence-corrected chi connectivity index (χ0v) is 16.1. The van der Waals surface area contributed by atoms with Gasteiger partial charge in [-0.25, -0.2) is 0 Å². The molecular weight excluding hydrogens is 340 g/mol. The second-order valence-corrected chi connectivity index (χ2v) is 6.80. The normalized spacial score (nSPS) is 15.4. The van der Waals surface area contributed by atoms with E-state index in [1.165, 1.54) is 6.20 Å². The van der Waals surface area contributed by atoms with Crippen molar-refractivity contribution < 1.29 is 9.59 Å². The molecule has 1 saturated heterocycles. The second kappa shape index (κ2) is 10.4. The van der Waals surface area contributed by atoms with Crippen LogP contribution in [0.1, 0.15) is 51.0 Å². The van der Waals surface area contributed by atoms with Gasteiger partial charge >= 0.3 is 0 Å². The zero-order valence-electron chi connectivity index (χ0n) is 16.1. The minimum Gasteiger partial charge on any atom is -0.360 e. The number of nitriles is 1. The molecule has 1 aromatic rings. The van der Waals surface area contributed by atoms with Gasteiger partial charge in [0.1, 0.15) is 11.6 Å². The van der Waals surface area contributed by atoms with E-state index in [2.05, 4.69) is 30.5 Å². The quantitative estimate of drug-likeness (QED) is 0.398. The van der Waals surface area contributed by atoms with E-state index in [1.54, 1.807) is 0 Å². The number of rotatable bonds is 9. The Morgan fingerprint density at radius 3 is 2.85 bits per heavy atom. The van der Waals surface area contributed by atoms with Gasteiger partial charge in [0.25, 0.3) is 5.91 Å². The number of para-hydroxylation sites is 1. The van der Waals surface area contributed by atoms with Crippen molar-refractivity contribution in [1.82, 2.24) is 10.2 Å². The van der Waals surface area contributed by atoms with Gasteiger partial charge in [-0.05, 0) is 36.8 Å². The molecule has 6 nitrogen and oxygen atoms in total. The van der Waals surface area contributed by atoms with E-state index >= 15 is 0 Å². The number of amides is 2. The predicted octanol–water partition coefficient (Wildman–Crippen LogP) is 3.15. The first-order chi connectivity index (χ1) is 13.1. The molecular formula is C21H28N4O2. The topological polar surface area (TPSA) is 85.2 Å². The van der Waals surface area contributed by atoms with Crippen LogP contribution < -0.4 is 10.6 Å². The summed E-state index contributed by atoms with van der Waals surface area (Å²) < 4.78 is 0. The zero-order chi connectivity index (χ0) is 19.6. The van der Waals surface area contributed by atoms with Crippen LogP contribution in [-0.2, 0) is 9.59 Å². The van der Waals surface area contributed by atoms with Gasteiger partial charge in [-0.15, -0.1) is 0 Å². The van der Waals surface area contributed by atoms with Crippen LogP contribution in [0.4, 0.5) is 5.69 Å². The van der Waals surface area contributed by atoms with Gasteiger partial charge in [-0.3, -0.25) is 9.59 Å². The molecule has 0 aliphatic carbocycles. The fraction of sp³-hybridized carbons (Fsp3) is 0.476. The van der Waals surface area contributed by atoms with E-state index in [1.807, 2.05) is 29.2 Å². The molecule has 144 valence electrons. The number of hydrogen-bond acceptors (Lipinski definition) is 4. The maximum atomic E-state index is 12.2. The average molecular weight is 368 g/mol. The Kier molecular flexibility index (Phi) is 7.87. The minimum atomic E-state index is -0.404. The predicted molar refractivity (Wildman–Crippen MR) is 106 cm³/mol. The third kappa shape index (κ3) is 5.85. The summed E-state index contributed by atoms with van der Waals surface area (Å²) >= 11 is 0. The lowest BCUT2D eigenvalue weighted by molar-refractivity contribution is -0.127. The monoisotopic (exact) mass is 368 g/mol. The van der Waals surface area contributed by atoms with Gasteiger partial charge < -0.3 is 15.5 Å². The Bertz CT molecular complexity index is 736. The summed E-state index contributed by atoms with van der Waals surface area (Å²) in [5.41, 5.74) is 2.09. The third-order valence-electron chi connectivity index (χ3n) is 4.90. The van der Waals surface area contributed by atoms with Gasteiger partial charge in [0.05, 0.1) is 0 Å². The van der Waals surface area contributed by atoms with E-state index in [0.29, 0.717) is 31.8 Å². The van der Waals surface area contributed by atoms with Crippen molar-refractivity contribution in [2.45, 2.75) is 45.4 Å². The molecule has 1 heterocycles. The number of carbonyl (C=O) groups excluding carboxylic acids is 2. The summed E-state index contributed by atoms with van der Waals surface area (Å²) in [6, 6.07) is 9.85. The number of carbonyl (C=O) groups is 2. The molecule has 1 aliphatic rings. The minimum absolute atomic E-state index is 0.0335. The first-order valence-electron chi connectivity index (χ1n) is 9.58. The molecule has 1 aliphatic heterocycles. The molecule has 6 heteroatoms. The van der Waals surface area contributed by atoms with Crippen LogP contribution in [0.15, 0.2) is 36.0 Å². The fourth-order valence-corrected chi connectivity index (χ4v) is 3.08. The molecule has 1 fully saturated rings. The van der Waals surface area contributed by atoms with Gasteiger partial charge in [0.15, 0.2) is 0 Å². The lowest BCUT2D eigenvalue weighted by Crippen LogP contribution is -2.31. The van der Waals surface area contributed by atoms with Crippen LogP contribution in [0.25, 0.3) is 0 Å².